The van der Waals surface area contributed by atoms with E-state index in [1.807, 2.05) is 450 Å². The zero-order valence-electron chi connectivity index (χ0n) is 77.1. The third-order valence-corrected chi connectivity index (χ3v) is 13.3. The van der Waals surface area contributed by atoms with Gasteiger partial charge in [-0.15, -0.1) is 0 Å². The van der Waals surface area contributed by atoms with Crippen LogP contribution >= 0.6 is 0 Å². The van der Waals surface area contributed by atoms with Crippen molar-refractivity contribution in [2.24, 2.45) is 0 Å². The molecule has 0 saturated heterocycles. The van der Waals surface area contributed by atoms with E-state index in [2.05, 4.69) is 145 Å². The van der Waals surface area contributed by atoms with Crippen molar-refractivity contribution < 1.29 is 9.53 Å². The Morgan fingerprint density at radius 1 is 0.212 bits per heavy atom. The lowest BCUT2D eigenvalue weighted by molar-refractivity contribution is 0.0251. The smallest absolute Gasteiger partial charge is 0.340 e. The van der Waals surface area contributed by atoms with Crippen LogP contribution in [0.2, 0.25) is 0 Å². The lowest BCUT2D eigenvalue weighted by Gasteiger charge is -2.30. The first kappa shape index (κ1) is 119. The monoisotopic (exact) mass is 1530 g/mol. The number of hydrogen-bond donors (Lipinski definition) is 0. The van der Waals surface area contributed by atoms with Gasteiger partial charge >= 0.3 is 5.97 Å². The highest BCUT2D eigenvalue weighted by Gasteiger charge is 2.48. The van der Waals surface area contributed by atoms with Gasteiger partial charge in [-0.3, -0.25) is 0 Å². The van der Waals surface area contributed by atoms with Gasteiger partial charge in [0.25, 0.3) is 0 Å². The number of carbonyl (C=O) groups excluding carboxylic acids is 1. The fourth-order valence-corrected chi connectivity index (χ4v) is 9.54. The second-order valence-corrected chi connectivity index (χ2v) is 23.3. The number of ether oxygens (including phenoxy) is 1. The van der Waals surface area contributed by atoms with Gasteiger partial charge in [0.2, 0.25) is 0 Å². The number of esters is 1. The average Bonchev–Trinajstić information content (AvgIpc) is 1.60. The van der Waals surface area contributed by atoms with Crippen LogP contribution < -0.4 is 0 Å². The van der Waals surface area contributed by atoms with Gasteiger partial charge in [-0.2, -0.15) is 0 Å². The molecule has 0 bridgehead atoms. The van der Waals surface area contributed by atoms with Gasteiger partial charge in [-0.05, 0) is 34.6 Å². The van der Waals surface area contributed by atoms with Crippen molar-refractivity contribution in [2.45, 2.75) is 256 Å². The molecule has 1 aliphatic carbocycles. The van der Waals surface area contributed by atoms with Gasteiger partial charge in [0, 0.05) is 22.1 Å². The summed E-state index contributed by atoms with van der Waals surface area (Å²) in [4.78, 5) is 12.4. The minimum atomic E-state index is -0.865. The van der Waals surface area contributed by atoms with Crippen LogP contribution in [-0.2, 0) is 21.2 Å². The first-order chi connectivity index (χ1) is 55.4. The van der Waals surface area contributed by atoms with Crippen LogP contribution in [0.5, 0.6) is 0 Å². The Kier molecular flexibility index (Phi) is 101. The molecule has 12 aromatic carbocycles. The molecule has 0 N–H and O–H groups in total. The van der Waals surface area contributed by atoms with Crippen molar-refractivity contribution in [1.82, 2.24) is 0 Å². The lowest BCUT2D eigenvalue weighted by atomic mass is 9.75. The molecule has 2 nitrogen and oxygen atoms in total. The quantitative estimate of drug-likeness (QED) is 0.165. The molecule has 0 amide bonds. The SMILES string of the molecule is CC.CC.CC.CC.CC.CC.CC.CC.CC1(C)CC(C)(c2ccccc2)c2ccccc21.CCC.CCC.CCC.CCC.CCC.O=C1OC(c2ccccc2)(c2ccccc2)c2ccccc21.c1ccccc1.c1ccccc1.c1ccccc1.c1ccccc1.c1ccccc1.c1ccccc1.c1ccccc1. The Morgan fingerprint density at radius 3 is 0.566 bits per heavy atom. The molecule has 2 heteroatoms. The number of rotatable bonds is 3. The largest absolute Gasteiger partial charge is 0.441 e. The van der Waals surface area contributed by atoms with E-state index in [4.69, 9.17) is 4.74 Å². The van der Waals surface area contributed by atoms with Crippen LogP contribution in [0.1, 0.15) is 283 Å². The normalized spacial score (nSPS) is 11.1. The van der Waals surface area contributed by atoms with Crippen molar-refractivity contribution in [3.8, 4) is 0 Å². The number of cyclic esters (lactones) is 1. The summed E-state index contributed by atoms with van der Waals surface area (Å²) in [6, 6.07) is 131. The summed E-state index contributed by atoms with van der Waals surface area (Å²) < 4.78 is 5.95. The molecule has 14 rings (SSSR count). The van der Waals surface area contributed by atoms with Crippen molar-refractivity contribution in [1.29, 1.82) is 0 Å². The van der Waals surface area contributed by atoms with Gasteiger partial charge in [0.15, 0.2) is 5.60 Å². The van der Waals surface area contributed by atoms with Crippen molar-refractivity contribution in [3.05, 3.63) is 433 Å². The second-order valence-electron chi connectivity index (χ2n) is 23.3. The predicted octanol–water partition coefficient (Wildman–Crippen LogP) is 35.9. The number of hydrogen-bond acceptors (Lipinski definition) is 2. The molecule has 0 saturated carbocycles. The molecular weight excluding hydrogens is 1370 g/mol. The molecular formula is C111H164O2. The van der Waals surface area contributed by atoms with E-state index in [0.717, 1.165) is 16.7 Å². The zero-order chi connectivity index (χ0) is 87.0. The summed E-state index contributed by atoms with van der Waals surface area (Å²) in [5, 5.41) is 0. The van der Waals surface area contributed by atoms with E-state index < -0.39 is 5.60 Å². The maximum atomic E-state index is 12.4. The third kappa shape index (κ3) is 61.4. The van der Waals surface area contributed by atoms with E-state index in [-0.39, 0.29) is 16.8 Å². The van der Waals surface area contributed by atoms with Crippen molar-refractivity contribution >= 4 is 5.97 Å². The summed E-state index contributed by atoms with van der Waals surface area (Å²) in [7, 11) is 0. The van der Waals surface area contributed by atoms with E-state index in [9.17, 15) is 4.79 Å². The Morgan fingerprint density at radius 2 is 0.363 bits per heavy atom. The van der Waals surface area contributed by atoms with Crippen molar-refractivity contribution in [2.75, 3.05) is 0 Å². The standard InChI is InChI=1S/C20H14O2.C18H20.7C6H6.5C3H8.8C2H6/c21-19-17-13-7-8-14-18(17)20(22-19,15-9-3-1-4-10-15)16-11-5-2-6-12-16;1-17(2)13-18(3,14-9-5-4-6-10-14)16-12-8-7-11-15(16)17;7*1-2-4-6-5-3-1;5*1-3-2;8*1-2/h1-14H;4-12H,13H2,1-3H3;7*1-6H;5*3H2,1-2H3;8*1-2H3. The topological polar surface area (TPSA) is 26.3 Å². The highest BCUT2D eigenvalue weighted by Crippen LogP contribution is 2.52. The van der Waals surface area contributed by atoms with E-state index in [1.54, 1.807) is 0 Å². The second kappa shape index (κ2) is 96.3. The van der Waals surface area contributed by atoms with Gasteiger partial charge in [-0.25, -0.2) is 4.79 Å². The van der Waals surface area contributed by atoms with Crippen LogP contribution in [0, 0.1) is 0 Å². The van der Waals surface area contributed by atoms with E-state index in [1.165, 1.54) is 55.2 Å². The highest BCUT2D eigenvalue weighted by molar-refractivity contribution is 5.96. The first-order valence-electron chi connectivity index (χ1n) is 43.0. The molecule has 12 aromatic rings. The fraction of sp³-hybridized carbons (Fsp3) is 0.342. The van der Waals surface area contributed by atoms with Crippen LogP contribution in [0.3, 0.4) is 0 Å². The predicted molar refractivity (Wildman–Crippen MR) is 517 cm³/mol. The van der Waals surface area contributed by atoms with Crippen LogP contribution in [0.15, 0.2) is 394 Å². The molecule has 0 spiro atoms. The number of fused-ring (bicyclic) bond motifs is 2. The molecule has 1 heterocycles. The summed E-state index contributed by atoms with van der Waals surface area (Å²) in [5.41, 5.74) is 7.45. The molecule has 0 aromatic heterocycles. The summed E-state index contributed by atoms with van der Waals surface area (Å²) in [5.74, 6) is -0.275. The van der Waals surface area contributed by atoms with Crippen LogP contribution in [0.25, 0.3) is 0 Å². The maximum absolute atomic E-state index is 12.4. The molecule has 0 fully saturated rings. The Balaban J connectivity index is -0.000000182. The van der Waals surface area contributed by atoms with E-state index in [0.29, 0.717) is 5.56 Å². The summed E-state index contributed by atoms with van der Waals surface area (Å²) in [6.45, 7) is 60.4. The third-order valence-electron chi connectivity index (χ3n) is 13.3. The van der Waals surface area contributed by atoms with E-state index >= 15 is 0 Å². The van der Waals surface area contributed by atoms with Crippen LogP contribution in [-0.4, -0.2) is 5.97 Å². The Hall–Kier alpha value is -9.89. The number of benzene rings is 12. The maximum Gasteiger partial charge on any atom is 0.340 e. The summed E-state index contributed by atoms with van der Waals surface area (Å²) >= 11 is 0. The van der Waals surface area contributed by atoms with Crippen molar-refractivity contribution in [3.63, 3.8) is 0 Å². The molecule has 1 unspecified atom stereocenters. The fourth-order valence-electron chi connectivity index (χ4n) is 9.54. The Labute approximate surface area is 700 Å². The highest BCUT2D eigenvalue weighted by atomic mass is 16.6. The van der Waals surface area contributed by atoms with Gasteiger partial charge in [0.1, 0.15) is 0 Å². The molecule has 620 valence electrons. The molecule has 0 radical (unpaired) electrons. The average molecular weight is 1530 g/mol. The Bertz CT molecular complexity index is 2970. The lowest BCUT2D eigenvalue weighted by Crippen LogP contribution is -2.29. The van der Waals surface area contributed by atoms with Crippen LogP contribution in [0.4, 0.5) is 0 Å². The van der Waals surface area contributed by atoms with Gasteiger partial charge < -0.3 is 4.74 Å². The molecule has 2 aliphatic rings. The number of carbonyl (C=O) groups is 1. The minimum absolute atomic E-state index is 0.154. The van der Waals surface area contributed by atoms with Gasteiger partial charge in [-0.1, -0.05) is 621 Å². The van der Waals surface area contributed by atoms with Gasteiger partial charge in [0.05, 0.1) is 5.56 Å². The molecule has 1 atom stereocenters. The summed E-state index contributed by atoms with van der Waals surface area (Å²) in [6.07, 6.45) is 7.43. The first-order valence-corrected chi connectivity index (χ1v) is 43.0. The zero-order valence-corrected chi connectivity index (χ0v) is 77.1. The molecule has 1 aliphatic heterocycles. The molecule has 113 heavy (non-hydrogen) atoms. The minimum Gasteiger partial charge on any atom is -0.441 e.